The highest BCUT2D eigenvalue weighted by molar-refractivity contribution is 5.80. The van der Waals surface area contributed by atoms with E-state index in [1.54, 1.807) is 31.4 Å². The summed E-state index contributed by atoms with van der Waals surface area (Å²) >= 11 is 0. The van der Waals surface area contributed by atoms with E-state index in [9.17, 15) is 9.59 Å². The molecule has 0 aliphatic carbocycles. The number of aldehydes is 1. The zero-order valence-corrected chi connectivity index (χ0v) is 9.64. The monoisotopic (exact) mass is 237 g/mol. The molecular formula is C12H15NO4. The number of benzene rings is 1. The summed E-state index contributed by atoms with van der Waals surface area (Å²) in [5, 5.41) is 2.61. The summed E-state index contributed by atoms with van der Waals surface area (Å²) in [6.07, 6.45) is 0.693. The molecule has 5 heteroatoms. The van der Waals surface area contributed by atoms with Crippen molar-refractivity contribution >= 4 is 12.2 Å². The van der Waals surface area contributed by atoms with Gasteiger partial charge in [0, 0.05) is 13.7 Å². The van der Waals surface area contributed by atoms with Crippen molar-refractivity contribution in [3.05, 3.63) is 29.8 Å². The maximum absolute atomic E-state index is 11.3. The van der Waals surface area contributed by atoms with Crippen molar-refractivity contribution < 1.29 is 19.1 Å². The molecule has 0 saturated heterocycles. The molecule has 92 valence electrons. The lowest BCUT2D eigenvalue weighted by molar-refractivity contribution is -0.123. The highest BCUT2D eigenvalue weighted by Gasteiger charge is 2.05. The van der Waals surface area contributed by atoms with E-state index in [1.807, 2.05) is 0 Å². The number of carbonyl (C=O) groups excluding carboxylic acids is 2. The Hall–Kier alpha value is -1.88. The van der Waals surface area contributed by atoms with Crippen LogP contribution in [0.2, 0.25) is 0 Å². The average molecular weight is 237 g/mol. The minimum atomic E-state index is -0.247. The maximum atomic E-state index is 11.3. The fourth-order valence-corrected chi connectivity index (χ4v) is 1.20. The molecule has 0 aromatic heterocycles. The first kappa shape index (κ1) is 13.2. The van der Waals surface area contributed by atoms with Gasteiger partial charge in [0.25, 0.3) is 5.91 Å². The Labute approximate surface area is 99.7 Å². The van der Waals surface area contributed by atoms with E-state index >= 15 is 0 Å². The van der Waals surface area contributed by atoms with Crippen LogP contribution in [0, 0.1) is 0 Å². The molecule has 1 aromatic rings. The summed E-state index contributed by atoms with van der Waals surface area (Å²) < 4.78 is 10.0. The highest BCUT2D eigenvalue weighted by Crippen LogP contribution is 2.15. The van der Waals surface area contributed by atoms with Crippen LogP contribution in [0.15, 0.2) is 24.3 Å². The maximum Gasteiger partial charge on any atom is 0.258 e. The van der Waals surface area contributed by atoms with E-state index in [4.69, 9.17) is 9.47 Å². The summed E-state index contributed by atoms with van der Waals surface area (Å²) in [6, 6.07) is 6.75. The molecule has 0 heterocycles. The lowest BCUT2D eigenvalue weighted by Gasteiger charge is -2.08. The van der Waals surface area contributed by atoms with Crippen LogP contribution in [0.25, 0.3) is 0 Å². The molecule has 1 aromatic carbocycles. The molecule has 0 radical (unpaired) electrons. The number of para-hydroxylation sites is 1. The fraction of sp³-hybridized carbons (Fsp3) is 0.333. The van der Waals surface area contributed by atoms with Gasteiger partial charge in [0.05, 0.1) is 12.2 Å². The molecule has 17 heavy (non-hydrogen) atoms. The van der Waals surface area contributed by atoms with E-state index in [1.165, 1.54) is 0 Å². The van der Waals surface area contributed by atoms with Crippen LogP contribution in [-0.2, 0) is 9.53 Å². The Kier molecular flexibility index (Phi) is 5.74. The highest BCUT2D eigenvalue weighted by atomic mass is 16.5. The molecule has 0 aliphatic heterocycles. The van der Waals surface area contributed by atoms with E-state index in [0.29, 0.717) is 30.8 Å². The number of amides is 1. The molecule has 5 nitrogen and oxygen atoms in total. The van der Waals surface area contributed by atoms with Gasteiger partial charge in [-0.25, -0.2) is 0 Å². The van der Waals surface area contributed by atoms with Crippen molar-refractivity contribution in [2.45, 2.75) is 0 Å². The zero-order chi connectivity index (χ0) is 12.5. The molecule has 1 rings (SSSR count). The first-order valence-corrected chi connectivity index (χ1v) is 5.20. The summed E-state index contributed by atoms with van der Waals surface area (Å²) in [6.45, 7) is 0.777. The van der Waals surface area contributed by atoms with Crippen LogP contribution in [0.5, 0.6) is 5.75 Å². The number of hydrogen-bond acceptors (Lipinski definition) is 4. The molecule has 0 unspecified atom stereocenters. The molecule has 0 fully saturated rings. The van der Waals surface area contributed by atoms with Crippen molar-refractivity contribution in [2.24, 2.45) is 0 Å². The summed E-state index contributed by atoms with van der Waals surface area (Å²) in [4.78, 5) is 22.0. The minimum Gasteiger partial charge on any atom is -0.483 e. The van der Waals surface area contributed by atoms with E-state index in [-0.39, 0.29) is 12.5 Å². The Bertz CT molecular complexity index is 379. The SMILES string of the molecule is COCCNC(=O)COc1ccccc1C=O. The summed E-state index contributed by atoms with van der Waals surface area (Å²) in [7, 11) is 1.56. The van der Waals surface area contributed by atoms with Gasteiger partial charge >= 0.3 is 0 Å². The van der Waals surface area contributed by atoms with Crippen LogP contribution >= 0.6 is 0 Å². The number of nitrogens with one attached hydrogen (secondary N) is 1. The van der Waals surface area contributed by atoms with Crippen molar-refractivity contribution in [2.75, 3.05) is 26.9 Å². The second kappa shape index (κ2) is 7.40. The van der Waals surface area contributed by atoms with Gasteiger partial charge in [0.2, 0.25) is 0 Å². The Morgan fingerprint density at radius 2 is 2.18 bits per heavy atom. The van der Waals surface area contributed by atoms with E-state index < -0.39 is 0 Å². The lowest BCUT2D eigenvalue weighted by Crippen LogP contribution is -2.31. The number of ether oxygens (including phenoxy) is 2. The van der Waals surface area contributed by atoms with Crippen LogP contribution in [0.1, 0.15) is 10.4 Å². The van der Waals surface area contributed by atoms with Gasteiger partial charge in [-0.05, 0) is 12.1 Å². The van der Waals surface area contributed by atoms with E-state index in [0.717, 1.165) is 0 Å². The third-order valence-electron chi connectivity index (χ3n) is 2.03. The number of hydrogen-bond donors (Lipinski definition) is 1. The van der Waals surface area contributed by atoms with Crippen molar-refractivity contribution in [1.82, 2.24) is 5.32 Å². The minimum absolute atomic E-state index is 0.117. The molecule has 1 N–H and O–H groups in total. The second-order valence-corrected chi connectivity index (χ2v) is 3.29. The summed E-state index contributed by atoms with van der Waals surface area (Å²) in [5.41, 5.74) is 0.428. The zero-order valence-electron chi connectivity index (χ0n) is 9.64. The number of methoxy groups -OCH3 is 1. The predicted molar refractivity (Wildman–Crippen MR) is 62.2 cm³/mol. The normalized spacial score (nSPS) is 9.71. The van der Waals surface area contributed by atoms with Crippen LogP contribution in [0.4, 0.5) is 0 Å². The second-order valence-electron chi connectivity index (χ2n) is 3.29. The predicted octanol–water partition coefficient (Wildman–Crippen LogP) is 0.640. The molecule has 0 saturated carbocycles. The third kappa shape index (κ3) is 4.65. The summed E-state index contributed by atoms with van der Waals surface area (Å²) in [5.74, 6) is 0.159. The van der Waals surface area contributed by atoms with Crippen molar-refractivity contribution in [3.63, 3.8) is 0 Å². The van der Waals surface area contributed by atoms with Gasteiger partial charge in [0.15, 0.2) is 12.9 Å². The number of carbonyl (C=O) groups is 2. The van der Waals surface area contributed by atoms with Crippen LogP contribution < -0.4 is 10.1 Å². The smallest absolute Gasteiger partial charge is 0.258 e. The fourth-order valence-electron chi connectivity index (χ4n) is 1.20. The largest absolute Gasteiger partial charge is 0.483 e. The van der Waals surface area contributed by atoms with Crippen LogP contribution in [0.3, 0.4) is 0 Å². The van der Waals surface area contributed by atoms with Gasteiger partial charge < -0.3 is 14.8 Å². The first-order valence-electron chi connectivity index (χ1n) is 5.20. The Morgan fingerprint density at radius 3 is 2.88 bits per heavy atom. The standard InChI is InChI=1S/C12H15NO4/c1-16-7-6-13-12(15)9-17-11-5-3-2-4-10(11)8-14/h2-5,8H,6-7,9H2,1H3,(H,13,15). The third-order valence-corrected chi connectivity index (χ3v) is 2.03. The Morgan fingerprint density at radius 1 is 1.41 bits per heavy atom. The molecular weight excluding hydrogens is 222 g/mol. The van der Waals surface area contributed by atoms with Gasteiger partial charge in [-0.2, -0.15) is 0 Å². The molecule has 1 amide bonds. The van der Waals surface area contributed by atoms with Gasteiger partial charge in [-0.3, -0.25) is 9.59 Å². The van der Waals surface area contributed by atoms with E-state index in [2.05, 4.69) is 5.32 Å². The van der Waals surface area contributed by atoms with Gasteiger partial charge in [-0.1, -0.05) is 12.1 Å². The average Bonchev–Trinajstić information content (AvgIpc) is 2.37. The topological polar surface area (TPSA) is 64.6 Å². The number of rotatable bonds is 7. The lowest BCUT2D eigenvalue weighted by atomic mass is 10.2. The first-order chi connectivity index (χ1) is 8.27. The van der Waals surface area contributed by atoms with Crippen molar-refractivity contribution in [3.8, 4) is 5.75 Å². The van der Waals surface area contributed by atoms with Gasteiger partial charge in [0.1, 0.15) is 5.75 Å². The molecule has 0 bridgehead atoms. The van der Waals surface area contributed by atoms with Crippen LogP contribution in [-0.4, -0.2) is 39.1 Å². The van der Waals surface area contributed by atoms with Gasteiger partial charge in [-0.15, -0.1) is 0 Å². The Balaban J connectivity index is 2.39. The molecule has 0 aliphatic rings. The quantitative estimate of drug-likeness (QED) is 0.558. The molecule has 0 spiro atoms. The molecule has 0 atom stereocenters. The van der Waals surface area contributed by atoms with Crippen molar-refractivity contribution in [1.29, 1.82) is 0 Å².